The standard InChI is InChI=1S/C12H25N/c1-5-6-7-12(8-9-13-4)10-11(2)3/h10-11,13H,5-9H2,1-4H3/b12-10-. The van der Waals surface area contributed by atoms with Crippen molar-refractivity contribution in [3.63, 3.8) is 0 Å². The van der Waals surface area contributed by atoms with E-state index in [2.05, 4.69) is 32.2 Å². The summed E-state index contributed by atoms with van der Waals surface area (Å²) in [5.41, 5.74) is 1.63. The zero-order valence-electron chi connectivity index (χ0n) is 9.69. The van der Waals surface area contributed by atoms with Gasteiger partial charge in [0.2, 0.25) is 0 Å². The average Bonchev–Trinajstić information content (AvgIpc) is 2.09. The maximum atomic E-state index is 3.21. The lowest BCUT2D eigenvalue weighted by Crippen LogP contribution is -2.08. The van der Waals surface area contributed by atoms with Crippen LogP contribution < -0.4 is 5.32 Å². The van der Waals surface area contributed by atoms with Gasteiger partial charge >= 0.3 is 0 Å². The maximum Gasteiger partial charge on any atom is -0.00146 e. The zero-order chi connectivity index (χ0) is 10.1. The van der Waals surface area contributed by atoms with E-state index in [1.807, 2.05) is 7.05 Å². The first-order valence-electron chi connectivity index (χ1n) is 5.54. The van der Waals surface area contributed by atoms with E-state index in [9.17, 15) is 0 Å². The summed E-state index contributed by atoms with van der Waals surface area (Å²) in [5, 5.41) is 3.21. The van der Waals surface area contributed by atoms with Crippen molar-refractivity contribution in [3.8, 4) is 0 Å². The van der Waals surface area contributed by atoms with Crippen LogP contribution in [0.25, 0.3) is 0 Å². The van der Waals surface area contributed by atoms with Crippen LogP contribution >= 0.6 is 0 Å². The molecule has 0 amide bonds. The molecule has 0 atom stereocenters. The molecule has 78 valence electrons. The summed E-state index contributed by atoms with van der Waals surface area (Å²) in [5.74, 6) is 0.698. The molecule has 1 nitrogen and oxygen atoms in total. The fraction of sp³-hybridized carbons (Fsp3) is 0.833. The van der Waals surface area contributed by atoms with Crippen molar-refractivity contribution in [2.45, 2.75) is 46.5 Å². The van der Waals surface area contributed by atoms with Crippen LogP contribution in [0.1, 0.15) is 46.5 Å². The second kappa shape index (κ2) is 8.31. The van der Waals surface area contributed by atoms with E-state index < -0.39 is 0 Å². The van der Waals surface area contributed by atoms with Crippen LogP contribution in [-0.4, -0.2) is 13.6 Å². The Balaban J connectivity index is 3.87. The Morgan fingerprint density at radius 2 is 2.00 bits per heavy atom. The van der Waals surface area contributed by atoms with E-state index in [4.69, 9.17) is 0 Å². The first kappa shape index (κ1) is 12.7. The Kier molecular flexibility index (Phi) is 8.11. The second-order valence-electron chi connectivity index (χ2n) is 4.03. The highest BCUT2D eigenvalue weighted by Crippen LogP contribution is 2.13. The Bertz CT molecular complexity index is 126. The van der Waals surface area contributed by atoms with Gasteiger partial charge in [0.25, 0.3) is 0 Å². The molecule has 0 aliphatic heterocycles. The third kappa shape index (κ3) is 8.04. The second-order valence-corrected chi connectivity index (χ2v) is 4.03. The van der Waals surface area contributed by atoms with Gasteiger partial charge in [-0.1, -0.05) is 38.8 Å². The largest absolute Gasteiger partial charge is 0.319 e. The molecule has 13 heavy (non-hydrogen) atoms. The van der Waals surface area contributed by atoms with Crippen LogP contribution in [0.2, 0.25) is 0 Å². The zero-order valence-corrected chi connectivity index (χ0v) is 9.69. The molecule has 0 radical (unpaired) electrons. The molecule has 0 aromatic carbocycles. The third-order valence-electron chi connectivity index (χ3n) is 2.12. The van der Waals surface area contributed by atoms with Crippen LogP contribution in [0.3, 0.4) is 0 Å². The van der Waals surface area contributed by atoms with Gasteiger partial charge < -0.3 is 5.32 Å². The normalized spacial score (nSPS) is 12.5. The molecule has 0 aliphatic rings. The fourth-order valence-corrected chi connectivity index (χ4v) is 1.45. The first-order valence-corrected chi connectivity index (χ1v) is 5.54. The quantitative estimate of drug-likeness (QED) is 0.597. The van der Waals surface area contributed by atoms with Crippen molar-refractivity contribution in [1.29, 1.82) is 0 Å². The average molecular weight is 183 g/mol. The molecule has 0 heterocycles. The summed E-state index contributed by atoms with van der Waals surface area (Å²) in [6.07, 6.45) is 7.56. The summed E-state index contributed by atoms with van der Waals surface area (Å²) in [4.78, 5) is 0. The maximum absolute atomic E-state index is 3.21. The Hall–Kier alpha value is -0.300. The number of unbranched alkanes of at least 4 members (excludes halogenated alkanes) is 1. The van der Waals surface area contributed by atoms with E-state index in [0.29, 0.717) is 5.92 Å². The van der Waals surface area contributed by atoms with Crippen molar-refractivity contribution in [1.82, 2.24) is 5.32 Å². The molecule has 0 fully saturated rings. The molecule has 1 heteroatoms. The summed E-state index contributed by atoms with van der Waals surface area (Å²) in [6, 6.07) is 0. The highest BCUT2D eigenvalue weighted by Gasteiger charge is 1.98. The molecule has 0 saturated carbocycles. The lowest BCUT2D eigenvalue weighted by Gasteiger charge is -2.08. The summed E-state index contributed by atoms with van der Waals surface area (Å²) in [6.45, 7) is 7.88. The van der Waals surface area contributed by atoms with E-state index in [1.165, 1.54) is 25.7 Å². The molecule has 1 N–H and O–H groups in total. The van der Waals surface area contributed by atoms with Crippen LogP contribution in [-0.2, 0) is 0 Å². The van der Waals surface area contributed by atoms with E-state index in [0.717, 1.165) is 6.54 Å². The summed E-state index contributed by atoms with van der Waals surface area (Å²) >= 11 is 0. The van der Waals surface area contributed by atoms with Gasteiger partial charge in [-0.3, -0.25) is 0 Å². The van der Waals surface area contributed by atoms with Crippen LogP contribution in [0.15, 0.2) is 11.6 Å². The lowest BCUT2D eigenvalue weighted by molar-refractivity contribution is 0.698. The van der Waals surface area contributed by atoms with Gasteiger partial charge in [-0.15, -0.1) is 0 Å². The molecule has 0 rings (SSSR count). The van der Waals surface area contributed by atoms with E-state index in [-0.39, 0.29) is 0 Å². The Morgan fingerprint density at radius 3 is 2.46 bits per heavy atom. The van der Waals surface area contributed by atoms with Crippen LogP contribution in [0, 0.1) is 5.92 Å². The SMILES string of the molecule is CCCC/C(=C/C(C)C)CCNC. The number of hydrogen-bond acceptors (Lipinski definition) is 1. The molecule has 0 aliphatic carbocycles. The van der Waals surface area contributed by atoms with E-state index in [1.54, 1.807) is 5.57 Å². The molecule has 0 spiro atoms. The smallest absolute Gasteiger partial charge is 0.00146 e. The molecule has 0 unspecified atom stereocenters. The van der Waals surface area contributed by atoms with Crippen molar-refractivity contribution >= 4 is 0 Å². The molecular formula is C12H25N. The van der Waals surface area contributed by atoms with Gasteiger partial charge in [-0.05, 0) is 38.8 Å². The van der Waals surface area contributed by atoms with Gasteiger partial charge in [-0.25, -0.2) is 0 Å². The minimum atomic E-state index is 0.698. The molecular weight excluding hydrogens is 158 g/mol. The van der Waals surface area contributed by atoms with E-state index >= 15 is 0 Å². The highest BCUT2D eigenvalue weighted by atomic mass is 14.8. The lowest BCUT2D eigenvalue weighted by atomic mass is 10.0. The number of rotatable bonds is 7. The molecule has 0 saturated heterocycles. The third-order valence-corrected chi connectivity index (χ3v) is 2.12. The molecule has 0 aromatic rings. The predicted molar refractivity (Wildman–Crippen MR) is 61.0 cm³/mol. The van der Waals surface area contributed by atoms with Crippen molar-refractivity contribution in [2.75, 3.05) is 13.6 Å². The Labute approximate surface area is 83.6 Å². The van der Waals surface area contributed by atoms with Crippen molar-refractivity contribution in [3.05, 3.63) is 11.6 Å². The molecule has 0 aromatic heterocycles. The minimum absolute atomic E-state index is 0.698. The highest BCUT2D eigenvalue weighted by molar-refractivity contribution is 5.03. The first-order chi connectivity index (χ1) is 6.20. The van der Waals surface area contributed by atoms with Gasteiger partial charge in [0.1, 0.15) is 0 Å². The van der Waals surface area contributed by atoms with Crippen molar-refractivity contribution in [2.24, 2.45) is 5.92 Å². The molecule has 0 bridgehead atoms. The monoisotopic (exact) mass is 183 g/mol. The van der Waals surface area contributed by atoms with Crippen molar-refractivity contribution < 1.29 is 0 Å². The number of nitrogens with one attached hydrogen (secondary N) is 1. The topological polar surface area (TPSA) is 12.0 Å². The summed E-state index contributed by atoms with van der Waals surface area (Å²) in [7, 11) is 2.02. The fourth-order valence-electron chi connectivity index (χ4n) is 1.45. The van der Waals surface area contributed by atoms with Gasteiger partial charge in [-0.2, -0.15) is 0 Å². The number of allylic oxidation sites excluding steroid dienone is 1. The van der Waals surface area contributed by atoms with Crippen LogP contribution in [0.5, 0.6) is 0 Å². The van der Waals surface area contributed by atoms with Gasteiger partial charge in [0.15, 0.2) is 0 Å². The predicted octanol–water partition coefficient (Wildman–Crippen LogP) is 3.37. The Morgan fingerprint density at radius 1 is 1.31 bits per heavy atom. The van der Waals surface area contributed by atoms with Gasteiger partial charge in [0.05, 0.1) is 0 Å². The van der Waals surface area contributed by atoms with Gasteiger partial charge in [0, 0.05) is 0 Å². The number of hydrogen-bond donors (Lipinski definition) is 1. The van der Waals surface area contributed by atoms with Crippen LogP contribution in [0.4, 0.5) is 0 Å². The summed E-state index contributed by atoms with van der Waals surface area (Å²) < 4.78 is 0. The minimum Gasteiger partial charge on any atom is -0.319 e.